The fourth-order valence-corrected chi connectivity index (χ4v) is 3.89. The molecule has 2 amide bonds. The number of nitrogens with one attached hydrogen (secondary N) is 1. The van der Waals surface area contributed by atoms with Gasteiger partial charge in [0.15, 0.2) is 0 Å². The second kappa shape index (κ2) is 8.05. The van der Waals surface area contributed by atoms with Gasteiger partial charge in [0.1, 0.15) is 5.82 Å². The van der Waals surface area contributed by atoms with Crippen molar-refractivity contribution >= 4 is 11.7 Å². The number of rotatable bonds is 3. The minimum Gasteiger partial charge on any atom is -0.324 e. The van der Waals surface area contributed by atoms with Gasteiger partial charge in [0.05, 0.1) is 0 Å². The lowest BCUT2D eigenvalue weighted by molar-refractivity contribution is 0.190. The van der Waals surface area contributed by atoms with E-state index in [1.165, 1.54) is 10.2 Å². The van der Waals surface area contributed by atoms with Crippen LogP contribution in [-0.2, 0) is 12.5 Å². The van der Waals surface area contributed by atoms with Crippen molar-refractivity contribution < 1.29 is 4.79 Å². The smallest absolute Gasteiger partial charge is 0.324 e. The van der Waals surface area contributed by atoms with Crippen LogP contribution in [0.2, 0.25) is 0 Å². The fraction of sp³-hybridized carbons (Fsp3) is 0.591. The van der Waals surface area contributed by atoms with E-state index >= 15 is 0 Å². The number of aryl methyl sites for hydroxylation is 1. The van der Waals surface area contributed by atoms with E-state index in [1.54, 1.807) is 11.6 Å². The Bertz CT molecular complexity index is 918. The summed E-state index contributed by atoms with van der Waals surface area (Å²) in [6.45, 7) is 11.8. The van der Waals surface area contributed by atoms with E-state index in [2.05, 4.69) is 43.3 Å². The molecule has 3 rings (SSSR count). The molecule has 7 heteroatoms. The zero-order valence-corrected chi connectivity index (χ0v) is 18.4. The van der Waals surface area contributed by atoms with Gasteiger partial charge in [-0.2, -0.15) is 5.10 Å². The average molecular weight is 400 g/mol. The van der Waals surface area contributed by atoms with Crippen molar-refractivity contribution in [1.82, 2.24) is 19.2 Å². The van der Waals surface area contributed by atoms with Crippen molar-refractivity contribution in [3.8, 4) is 0 Å². The van der Waals surface area contributed by atoms with Gasteiger partial charge in [-0.05, 0) is 49.8 Å². The third-order valence-electron chi connectivity index (χ3n) is 5.57. The largest absolute Gasteiger partial charge is 0.345 e. The molecule has 1 aromatic carbocycles. The van der Waals surface area contributed by atoms with Crippen LogP contribution >= 0.6 is 0 Å². The van der Waals surface area contributed by atoms with Crippen LogP contribution in [0.5, 0.6) is 0 Å². The standard InChI is InChI=1S/C22H33N5O2/c1-15(2)27-19(24-25(6)21(27)29)16-8-7-13-26(14-16)20(28)23-18-11-9-17(10-12-18)22(3,4)5/h9-12,15-16H,7-8,13-14H2,1-6H3,(H,23,28). The molecule has 158 valence electrons. The Kier molecular flexibility index (Phi) is 5.87. The van der Waals surface area contributed by atoms with Crippen molar-refractivity contribution in [3.63, 3.8) is 0 Å². The number of aromatic nitrogens is 3. The molecule has 2 aromatic rings. The van der Waals surface area contributed by atoms with Gasteiger partial charge in [-0.25, -0.2) is 14.3 Å². The van der Waals surface area contributed by atoms with Gasteiger partial charge in [0, 0.05) is 37.8 Å². The summed E-state index contributed by atoms with van der Waals surface area (Å²) in [7, 11) is 1.68. The molecule has 1 aliphatic rings. The molecule has 0 saturated carbocycles. The van der Waals surface area contributed by atoms with Gasteiger partial charge in [0.25, 0.3) is 0 Å². The summed E-state index contributed by atoms with van der Waals surface area (Å²) >= 11 is 0. The van der Waals surface area contributed by atoms with Crippen LogP contribution in [0.4, 0.5) is 10.5 Å². The Labute approximate surface area is 172 Å². The van der Waals surface area contributed by atoms with Crippen molar-refractivity contribution in [2.24, 2.45) is 7.05 Å². The summed E-state index contributed by atoms with van der Waals surface area (Å²) < 4.78 is 3.14. The zero-order chi connectivity index (χ0) is 21.3. The first-order chi connectivity index (χ1) is 13.6. The third kappa shape index (κ3) is 4.54. The van der Waals surface area contributed by atoms with Crippen LogP contribution in [0, 0.1) is 0 Å². The molecular formula is C22H33N5O2. The van der Waals surface area contributed by atoms with Crippen LogP contribution in [0.3, 0.4) is 0 Å². The zero-order valence-electron chi connectivity index (χ0n) is 18.4. The molecule has 7 nitrogen and oxygen atoms in total. The quantitative estimate of drug-likeness (QED) is 0.851. The maximum Gasteiger partial charge on any atom is 0.345 e. The Morgan fingerprint density at radius 1 is 1.21 bits per heavy atom. The predicted molar refractivity (Wildman–Crippen MR) is 116 cm³/mol. The van der Waals surface area contributed by atoms with E-state index in [1.807, 2.05) is 30.9 Å². The first-order valence-electron chi connectivity index (χ1n) is 10.4. The normalized spacial score (nSPS) is 17.6. The number of urea groups is 1. The van der Waals surface area contributed by atoms with E-state index < -0.39 is 0 Å². The lowest BCUT2D eigenvalue weighted by atomic mass is 9.87. The van der Waals surface area contributed by atoms with Gasteiger partial charge in [0.2, 0.25) is 0 Å². The van der Waals surface area contributed by atoms with Crippen molar-refractivity contribution in [1.29, 1.82) is 0 Å². The average Bonchev–Trinajstić information content (AvgIpc) is 2.96. The van der Waals surface area contributed by atoms with Crippen molar-refractivity contribution in [2.75, 3.05) is 18.4 Å². The summed E-state index contributed by atoms with van der Waals surface area (Å²) in [6, 6.07) is 7.96. The maximum absolute atomic E-state index is 12.8. The molecule has 29 heavy (non-hydrogen) atoms. The topological polar surface area (TPSA) is 72.2 Å². The second-order valence-electron chi connectivity index (χ2n) is 9.27. The predicted octanol–water partition coefficient (Wildman–Crippen LogP) is 3.87. The molecule has 1 atom stereocenters. The number of amides is 2. The van der Waals surface area contributed by atoms with Crippen molar-refractivity contribution in [2.45, 2.75) is 64.8 Å². The highest BCUT2D eigenvalue weighted by Gasteiger charge is 2.30. The molecule has 1 aromatic heterocycles. The summed E-state index contributed by atoms with van der Waals surface area (Å²) in [5, 5.41) is 7.48. The van der Waals surface area contributed by atoms with E-state index in [0.717, 1.165) is 24.4 Å². The third-order valence-corrected chi connectivity index (χ3v) is 5.57. The van der Waals surface area contributed by atoms with Gasteiger partial charge in [-0.15, -0.1) is 0 Å². The number of anilines is 1. The summed E-state index contributed by atoms with van der Waals surface area (Å²) in [5.41, 5.74) is 2.00. The van der Waals surface area contributed by atoms with Crippen LogP contribution in [-0.4, -0.2) is 38.4 Å². The van der Waals surface area contributed by atoms with Gasteiger partial charge < -0.3 is 10.2 Å². The number of carbonyl (C=O) groups is 1. The van der Waals surface area contributed by atoms with E-state index in [-0.39, 0.29) is 29.1 Å². The molecule has 1 saturated heterocycles. The summed E-state index contributed by atoms with van der Waals surface area (Å²) in [5.74, 6) is 0.841. The van der Waals surface area contributed by atoms with Crippen LogP contribution in [0.25, 0.3) is 0 Å². The summed E-state index contributed by atoms with van der Waals surface area (Å²) in [6.07, 6.45) is 1.82. The SMILES string of the molecule is CC(C)n1c(C2CCCN(C(=O)Nc3ccc(C(C)(C)C)cc3)C2)nn(C)c1=O. The Morgan fingerprint density at radius 3 is 2.45 bits per heavy atom. The molecule has 1 unspecified atom stereocenters. The van der Waals surface area contributed by atoms with Gasteiger partial charge >= 0.3 is 11.7 Å². The lowest BCUT2D eigenvalue weighted by Gasteiger charge is -2.32. The van der Waals surface area contributed by atoms with E-state index in [4.69, 9.17) is 0 Å². The minimum atomic E-state index is -0.104. The molecular weight excluding hydrogens is 366 g/mol. The number of carbonyl (C=O) groups excluding carboxylic acids is 1. The van der Waals surface area contributed by atoms with Crippen molar-refractivity contribution in [3.05, 3.63) is 46.1 Å². The monoisotopic (exact) mass is 399 g/mol. The molecule has 0 radical (unpaired) electrons. The number of nitrogens with zero attached hydrogens (tertiary/aromatic N) is 4. The second-order valence-corrected chi connectivity index (χ2v) is 9.27. The number of benzene rings is 1. The molecule has 1 fully saturated rings. The van der Waals surface area contributed by atoms with Crippen LogP contribution < -0.4 is 11.0 Å². The molecule has 2 heterocycles. The molecule has 0 spiro atoms. The highest BCUT2D eigenvalue weighted by atomic mass is 16.2. The van der Waals surface area contributed by atoms with E-state index in [9.17, 15) is 9.59 Å². The van der Waals surface area contributed by atoms with Crippen LogP contribution in [0.1, 0.15) is 70.8 Å². The highest BCUT2D eigenvalue weighted by Crippen LogP contribution is 2.27. The first kappa shape index (κ1) is 21.1. The molecule has 0 bridgehead atoms. The van der Waals surface area contributed by atoms with Crippen LogP contribution in [0.15, 0.2) is 29.1 Å². The number of hydrogen-bond donors (Lipinski definition) is 1. The maximum atomic E-state index is 12.8. The molecule has 0 aliphatic carbocycles. The van der Waals surface area contributed by atoms with Gasteiger partial charge in [-0.3, -0.25) is 4.57 Å². The number of hydrogen-bond acceptors (Lipinski definition) is 3. The Hall–Kier alpha value is -2.57. The number of piperidine rings is 1. The molecule has 1 N–H and O–H groups in total. The fourth-order valence-electron chi connectivity index (χ4n) is 3.89. The lowest BCUT2D eigenvalue weighted by Crippen LogP contribution is -2.42. The summed E-state index contributed by atoms with van der Waals surface area (Å²) in [4.78, 5) is 27.1. The Balaban J connectivity index is 1.72. The first-order valence-corrected chi connectivity index (χ1v) is 10.4. The highest BCUT2D eigenvalue weighted by molar-refractivity contribution is 5.89. The molecule has 1 aliphatic heterocycles. The Morgan fingerprint density at radius 2 is 1.86 bits per heavy atom. The number of likely N-dealkylation sites (tertiary alicyclic amines) is 1. The van der Waals surface area contributed by atoms with E-state index in [0.29, 0.717) is 13.1 Å². The van der Waals surface area contributed by atoms with Gasteiger partial charge in [-0.1, -0.05) is 32.9 Å². The minimum absolute atomic E-state index is 0.0386.